The highest BCUT2D eigenvalue weighted by atomic mass is 16.5. The van der Waals surface area contributed by atoms with Crippen LogP contribution in [0.1, 0.15) is 13.8 Å². The van der Waals surface area contributed by atoms with Crippen LogP contribution >= 0.6 is 0 Å². The van der Waals surface area contributed by atoms with Crippen molar-refractivity contribution in [1.29, 1.82) is 0 Å². The molecular weight excluding hydrogens is 232 g/mol. The number of carbonyl (C=O) groups excluding carboxylic acids is 3. The van der Waals surface area contributed by atoms with E-state index in [9.17, 15) is 19.2 Å². The number of carboxylic acids is 1. The summed E-state index contributed by atoms with van der Waals surface area (Å²) < 4.78 is 4.57. The van der Waals surface area contributed by atoms with Gasteiger partial charge in [-0.25, -0.2) is 0 Å². The van der Waals surface area contributed by atoms with Crippen LogP contribution in [0.3, 0.4) is 0 Å². The third-order valence-electron chi connectivity index (χ3n) is 1.56. The van der Waals surface area contributed by atoms with E-state index in [0.717, 1.165) is 6.92 Å². The summed E-state index contributed by atoms with van der Waals surface area (Å²) in [5.74, 6) is -3.05. The molecule has 0 fully saturated rings. The van der Waals surface area contributed by atoms with Gasteiger partial charge in [0.1, 0.15) is 19.2 Å². The highest BCUT2D eigenvalue weighted by Crippen LogP contribution is 1.88. The zero-order valence-electron chi connectivity index (χ0n) is 9.48. The first-order valence-corrected chi connectivity index (χ1v) is 4.73. The van der Waals surface area contributed by atoms with E-state index in [1.807, 2.05) is 0 Å². The first-order valence-electron chi connectivity index (χ1n) is 4.73. The Kier molecular flexibility index (Phi) is 6.30. The Hall–Kier alpha value is -2.12. The smallest absolute Gasteiger partial charge is 0.322 e. The van der Waals surface area contributed by atoms with Crippen molar-refractivity contribution in [2.45, 2.75) is 19.9 Å². The Labute approximate surface area is 97.3 Å². The fourth-order valence-corrected chi connectivity index (χ4v) is 0.915. The van der Waals surface area contributed by atoms with Crippen molar-refractivity contribution in [1.82, 2.24) is 10.6 Å². The van der Waals surface area contributed by atoms with Gasteiger partial charge in [-0.3, -0.25) is 19.2 Å². The summed E-state index contributed by atoms with van der Waals surface area (Å²) in [6.45, 7) is 1.42. The maximum Gasteiger partial charge on any atom is 0.322 e. The van der Waals surface area contributed by atoms with Crippen LogP contribution < -0.4 is 10.6 Å². The maximum absolute atomic E-state index is 11.4. The van der Waals surface area contributed by atoms with E-state index in [4.69, 9.17) is 5.11 Å². The molecule has 0 bridgehead atoms. The highest BCUT2D eigenvalue weighted by molar-refractivity contribution is 5.89. The molecule has 2 amide bonds. The van der Waals surface area contributed by atoms with E-state index in [1.54, 1.807) is 0 Å². The average Bonchev–Trinajstić information content (AvgIpc) is 2.19. The SMILES string of the molecule is CC(=O)N[C@@H](COC(C)=O)C(=O)NCC(=O)O. The monoisotopic (exact) mass is 246 g/mol. The molecule has 0 aromatic rings. The highest BCUT2D eigenvalue weighted by Gasteiger charge is 2.21. The van der Waals surface area contributed by atoms with E-state index in [2.05, 4.69) is 15.4 Å². The molecule has 0 saturated heterocycles. The molecule has 0 aliphatic carbocycles. The lowest BCUT2D eigenvalue weighted by molar-refractivity contribution is -0.145. The Morgan fingerprint density at radius 3 is 2.24 bits per heavy atom. The lowest BCUT2D eigenvalue weighted by Gasteiger charge is -2.16. The van der Waals surface area contributed by atoms with Gasteiger partial charge in [-0.1, -0.05) is 0 Å². The lowest BCUT2D eigenvalue weighted by Crippen LogP contribution is -2.50. The first-order chi connectivity index (χ1) is 7.82. The molecule has 0 aliphatic heterocycles. The summed E-state index contributed by atoms with van der Waals surface area (Å²) >= 11 is 0. The second-order valence-corrected chi connectivity index (χ2v) is 3.17. The third kappa shape index (κ3) is 7.77. The molecule has 0 radical (unpaired) electrons. The van der Waals surface area contributed by atoms with Crippen molar-refractivity contribution in [3.8, 4) is 0 Å². The largest absolute Gasteiger partial charge is 0.480 e. The number of carboxylic acid groups (broad SMARTS) is 1. The maximum atomic E-state index is 11.4. The molecule has 0 heterocycles. The van der Waals surface area contributed by atoms with Gasteiger partial charge in [0.05, 0.1) is 0 Å². The molecule has 1 atom stereocenters. The molecule has 3 N–H and O–H groups in total. The van der Waals surface area contributed by atoms with Gasteiger partial charge in [0.2, 0.25) is 11.8 Å². The molecular formula is C9H14N2O6. The van der Waals surface area contributed by atoms with Crippen LogP contribution in [-0.2, 0) is 23.9 Å². The third-order valence-corrected chi connectivity index (χ3v) is 1.56. The number of rotatable bonds is 6. The summed E-state index contributed by atoms with van der Waals surface area (Å²) in [5.41, 5.74) is 0. The Balaban J connectivity index is 4.33. The molecule has 0 rings (SSSR count). The van der Waals surface area contributed by atoms with Crippen LogP contribution in [0.25, 0.3) is 0 Å². The van der Waals surface area contributed by atoms with Crippen LogP contribution in [0.15, 0.2) is 0 Å². The number of ether oxygens (including phenoxy) is 1. The van der Waals surface area contributed by atoms with Crippen LogP contribution in [0.5, 0.6) is 0 Å². The number of hydrogen-bond acceptors (Lipinski definition) is 5. The van der Waals surface area contributed by atoms with E-state index in [-0.39, 0.29) is 6.61 Å². The Morgan fingerprint density at radius 2 is 1.82 bits per heavy atom. The minimum atomic E-state index is -1.22. The predicted octanol–water partition coefficient (Wildman–Crippen LogP) is -1.74. The van der Waals surface area contributed by atoms with Gasteiger partial charge in [0.25, 0.3) is 0 Å². The zero-order valence-corrected chi connectivity index (χ0v) is 9.48. The number of amides is 2. The molecule has 0 aromatic heterocycles. The minimum Gasteiger partial charge on any atom is -0.480 e. The normalized spacial score (nSPS) is 11.2. The van der Waals surface area contributed by atoms with Crippen molar-refractivity contribution in [2.75, 3.05) is 13.2 Å². The average molecular weight is 246 g/mol. The fraction of sp³-hybridized carbons (Fsp3) is 0.556. The van der Waals surface area contributed by atoms with E-state index < -0.39 is 36.3 Å². The van der Waals surface area contributed by atoms with Crippen LogP contribution in [0.4, 0.5) is 0 Å². The van der Waals surface area contributed by atoms with Gasteiger partial charge in [-0.2, -0.15) is 0 Å². The van der Waals surface area contributed by atoms with Crippen molar-refractivity contribution < 1.29 is 29.0 Å². The number of carbonyl (C=O) groups is 4. The second-order valence-electron chi connectivity index (χ2n) is 3.17. The fourth-order valence-electron chi connectivity index (χ4n) is 0.915. The standard InChI is InChI=1S/C9H14N2O6/c1-5(12)11-7(4-17-6(2)13)9(16)10-3-8(14)15/h7H,3-4H2,1-2H3,(H,10,16)(H,11,12)(H,14,15)/t7-/m0/s1. The zero-order chi connectivity index (χ0) is 13.4. The lowest BCUT2D eigenvalue weighted by atomic mass is 10.3. The quantitative estimate of drug-likeness (QED) is 0.478. The molecule has 8 heteroatoms. The van der Waals surface area contributed by atoms with Crippen LogP contribution in [0, 0.1) is 0 Å². The Bertz CT molecular complexity index is 327. The molecule has 0 saturated carbocycles. The number of esters is 1. The summed E-state index contributed by atoms with van der Waals surface area (Å²) in [7, 11) is 0. The van der Waals surface area contributed by atoms with Crippen molar-refractivity contribution in [3.05, 3.63) is 0 Å². The summed E-state index contributed by atoms with van der Waals surface area (Å²) in [6, 6.07) is -1.10. The first kappa shape index (κ1) is 14.9. The molecule has 17 heavy (non-hydrogen) atoms. The van der Waals surface area contributed by atoms with Crippen molar-refractivity contribution in [3.63, 3.8) is 0 Å². The molecule has 0 unspecified atom stereocenters. The number of hydrogen-bond donors (Lipinski definition) is 3. The molecule has 96 valence electrons. The number of nitrogens with one attached hydrogen (secondary N) is 2. The van der Waals surface area contributed by atoms with Gasteiger partial charge >= 0.3 is 11.9 Å². The molecule has 0 aliphatic rings. The van der Waals surface area contributed by atoms with Gasteiger partial charge in [-0.05, 0) is 0 Å². The van der Waals surface area contributed by atoms with Gasteiger partial charge in [-0.15, -0.1) is 0 Å². The van der Waals surface area contributed by atoms with E-state index in [0.29, 0.717) is 0 Å². The Morgan fingerprint density at radius 1 is 1.24 bits per heavy atom. The summed E-state index contributed by atoms with van der Waals surface area (Å²) in [5, 5.41) is 12.7. The summed E-state index contributed by atoms with van der Waals surface area (Å²) in [4.78, 5) is 43.0. The van der Waals surface area contributed by atoms with Gasteiger partial charge < -0.3 is 20.5 Å². The van der Waals surface area contributed by atoms with Gasteiger partial charge in [0, 0.05) is 13.8 Å². The van der Waals surface area contributed by atoms with Crippen molar-refractivity contribution >= 4 is 23.8 Å². The predicted molar refractivity (Wildman–Crippen MR) is 54.9 cm³/mol. The molecule has 8 nitrogen and oxygen atoms in total. The topological polar surface area (TPSA) is 122 Å². The molecule has 0 aromatic carbocycles. The number of aliphatic carboxylic acids is 1. The van der Waals surface area contributed by atoms with Gasteiger partial charge in [0.15, 0.2) is 0 Å². The minimum absolute atomic E-state index is 0.347. The second kappa shape index (κ2) is 7.20. The summed E-state index contributed by atoms with van der Waals surface area (Å²) in [6.07, 6.45) is 0. The van der Waals surface area contributed by atoms with E-state index >= 15 is 0 Å². The van der Waals surface area contributed by atoms with E-state index in [1.165, 1.54) is 6.92 Å². The van der Waals surface area contributed by atoms with Crippen LogP contribution in [-0.4, -0.2) is 48.1 Å². The van der Waals surface area contributed by atoms with Crippen molar-refractivity contribution in [2.24, 2.45) is 0 Å². The molecule has 0 spiro atoms. The van der Waals surface area contributed by atoms with Crippen LogP contribution in [0.2, 0.25) is 0 Å².